The Morgan fingerprint density at radius 1 is 1.18 bits per heavy atom. The lowest BCUT2D eigenvalue weighted by atomic mass is 9.97. The van der Waals surface area contributed by atoms with Gasteiger partial charge in [-0.25, -0.2) is 0 Å². The SMILES string of the molecule is Cc1ccc(OC[C@@H]2CCN2C)cc1C(=O)NC1(c2cc(OS(=O)(=O)C(F)(F)F)cc3ncccc23)CC1. The van der Waals surface area contributed by atoms with Gasteiger partial charge in [0.05, 0.1) is 11.1 Å². The van der Waals surface area contributed by atoms with Crippen LogP contribution in [0.2, 0.25) is 0 Å². The fraction of sp³-hybridized carbons (Fsp3) is 0.385. The maximum absolute atomic E-state index is 13.4. The number of hydrogen-bond acceptors (Lipinski definition) is 7. The van der Waals surface area contributed by atoms with Crippen molar-refractivity contribution in [1.82, 2.24) is 15.2 Å². The van der Waals surface area contributed by atoms with E-state index in [2.05, 4.69) is 19.4 Å². The number of hydrogen-bond donors (Lipinski definition) is 1. The topological polar surface area (TPSA) is 97.8 Å². The fourth-order valence-electron chi connectivity index (χ4n) is 4.55. The first-order valence-corrected chi connectivity index (χ1v) is 13.5. The molecule has 1 atom stereocenters. The lowest BCUT2D eigenvalue weighted by molar-refractivity contribution is -0.0500. The van der Waals surface area contributed by atoms with Crippen molar-refractivity contribution < 1.29 is 35.3 Å². The summed E-state index contributed by atoms with van der Waals surface area (Å²) < 4.78 is 72.5. The molecule has 1 aliphatic heterocycles. The fourth-order valence-corrected chi connectivity index (χ4v) is 5.00. The second kappa shape index (κ2) is 9.42. The van der Waals surface area contributed by atoms with Crippen LogP contribution >= 0.6 is 0 Å². The Labute approximate surface area is 217 Å². The van der Waals surface area contributed by atoms with Crippen LogP contribution in [-0.4, -0.2) is 56.0 Å². The Bertz CT molecular complexity index is 1510. The van der Waals surface area contributed by atoms with Crippen molar-refractivity contribution in [2.24, 2.45) is 0 Å². The van der Waals surface area contributed by atoms with Crippen molar-refractivity contribution in [1.29, 1.82) is 0 Å². The standard InChI is InChI=1S/C26H26F3N3O5S/c1-16-5-6-18(36-15-17-7-11-32(17)2)12-21(16)24(33)31-25(8-9-25)22-13-19(37-38(34,35)26(27,28)29)14-23-20(22)4-3-10-30-23/h3-6,10,12-14,17H,7-9,11,15H2,1-2H3,(H,31,33)/t17-/m0/s1. The van der Waals surface area contributed by atoms with Crippen molar-refractivity contribution in [2.45, 2.75) is 43.3 Å². The number of amides is 1. The van der Waals surface area contributed by atoms with Crippen LogP contribution < -0.4 is 14.2 Å². The van der Waals surface area contributed by atoms with Crippen LogP contribution in [0.3, 0.4) is 0 Å². The summed E-state index contributed by atoms with van der Waals surface area (Å²) in [6.07, 6.45) is 3.49. The van der Waals surface area contributed by atoms with Gasteiger partial charge in [0.15, 0.2) is 0 Å². The molecule has 0 bridgehead atoms. The summed E-state index contributed by atoms with van der Waals surface area (Å²) >= 11 is 0. The highest BCUT2D eigenvalue weighted by Crippen LogP contribution is 2.49. The molecule has 12 heteroatoms. The average Bonchev–Trinajstić information content (AvgIpc) is 3.63. The maximum atomic E-state index is 13.4. The summed E-state index contributed by atoms with van der Waals surface area (Å²) in [6.45, 7) is 3.33. The minimum Gasteiger partial charge on any atom is -0.492 e. The van der Waals surface area contributed by atoms with E-state index in [1.807, 2.05) is 7.05 Å². The Morgan fingerprint density at radius 2 is 1.95 bits per heavy atom. The van der Waals surface area contributed by atoms with Gasteiger partial charge in [0.2, 0.25) is 0 Å². The van der Waals surface area contributed by atoms with Crippen molar-refractivity contribution in [3.05, 3.63) is 65.4 Å². The van der Waals surface area contributed by atoms with Gasteiger partial charge in [0.25, 0.3) is 5.91 Å². The summed E-state index contributed by atoms with van der Waals surface area (Å²) in [7, 11) is -3.86. The molecule has 2 aromatic carbocycles. The van der Waals surface area contributed by atoms with Crippen molar-refractivity contribution in [3.8, 4) is 11.5 Å². The number of nitrogens with one attached hydrogen (secondary N) is 1. The number of aromatic nitrogens is 1. The first kappa shape index (κ1) is 26.2. The number of pyridine rings is 1. The number of ether oxygens (including phenoxy) is 1. The molecule has 0 radical (unpaired) electrons. The molecule has 0 unspecified atom stereocenters. The number of likely N-dealkylation sites (tertiary alicyclic amines) is 1. The summed E-state index contributed by atoms with van der Waals surface area (Å²) in [4.78, 5) is 19.8. The summed E-state index contributed by atoms with van der Waals surface area (Å²) in [5.41, 5.74) is -4.70. The molecular weight excluding hydrogens is 523 g/mol. The molecular formula is C26H26F3N3O5S. The van der Waals surface area contributed by atoms with E-state index in [1.165, 1.54) is 12.3 Å². The number of rotatable bonds is 8. The number of fused-ring (bicyclic) bond motifs is 1. The van der Waals surface area contributed by atoms with E-state index in [1.54, 1.807) is 37.3 Å². The monoisotopic (exact) mass is 549 g/mol. The largest absolute Gasteiger partial charge is 0.534 e. The quantitative estimate of drug-likeness (QED) is 0.331. The van der Waals surface area contributed by atoms with Crippen LogP contribution in [0.1, 0.15) is 40.7 Å². The molecule has 8 nitrogen and oxygen atoms in total. The van der Waals surface area contributed by atoms with Crippen LogP contribution in [-0.2, 0) is 15.7 Å². The second-order valence-corrected chi connectivity index (χ2v) is 11.3. The maximum Gasteiger partial charge on any atom is 0.534 e. The first-order valence-electron chi connectivity index (χ1n) is 12.0. The summed E-state index contributed by atoms with van der Waals surface area (Å²) in [6, 6.07) is 11.3. The third kappa shape index (κ3) is 5.02. The van der Waals surface area contributed by atoms with Gasteiger partial charge in [-0.2, -0.15) is 21.6 Å². The van der Waals surface area contributed by atoms with E-state index in [4.69, 9.17) is 4.74 Å². The molecule has 1 aliphatic carbocycles. The molecule has 1 saturated heterocycles. The van der Waals surface area contributed by atoms with Crippen molar-refractivity contribution >= 4 is 26.9 Å². The van der Waals surface area contributed by atoms with Gasteiger partial charge in [-0.15, -0.1) is 0 Å². The molecule has 3 aromatic rings. The zero-order valence-corrected chi connectivity index (χ0v) is 21.5. The van der Waals surface area contributed by atoms with Gasteiger partial charge in [-0.1, -0.05) is 12.1 Å². The highest BCUT2D eigenvalue weighted by molar-refractivity contribution is 7.88. The molecule has 2 fully saturated rings. The van der Waals surface area contributed by atoms with Crippen molar-refractivity contribution in [2.75, 3.05) is 20.2 Å². The molecule has 0 spiro atoms. The minimum absolute atomic E-state index is 0.241. The lowest BCUT2D eigenvalue weighted by Gasteiger charge is -2.37. The number of nitrogens with zero attached hydrogens (tertiary/aromatic N) is 2. The molecule has 1 saturated carbocycles. The zero-order chi connectivity index (χ0) is 27.3. The molecule has 1 N–H and O–H groups in total. The normalized spacial score (nSPS) is 19.0. The molecule has 2 aliphatic rings. The van der Waals surface area contributed by atoms with Gasteiger partial charge < -0.3 is 14.2 Å². The van der Waals surface area contributed by atoms with Gasteiger partial charge >= 0.3 is 15.6 Å². The van der Waals surface area contributed by atoms with E-state index in [-0.39, 0.29) is 11.4 Å². The predicted molar refractivity (Wildman–Crippen MR) is 133 cm³/mol. The van der Waals surface area contributed by atoms with Gasteiger partial charge in [0.1, 0.15) is 18.1 Å². The summed E-state index contributed by atoms with van der Waals surface area (Å²) in [5.74, 6) is -0.345. The molecule has 5 rings (SSSR count). The number of aryl methyl sites for hydroxylation is 1. The predicted octanol–water partition coefficient (Wildman–Crippen LogP) is 4.27. The van der Waals surface area contributed by atoms with E-state index in [9.17, 15) is 26.4 Å². The van der Waals surface area contributed by atoms with Gasteiger partial charge in [0, 0.05) is 29.3 Å². The number of carbonyl (C=O) groups excluding carboxylic acids is 1. The Morgan fingerprint density at radius 3 is 2.58 bits per heavy atom. The number of benzene rings is 2. The average molecular weight is 550 g/mol. The van der Waals surface area contributed by atoms with Crippen LogP contribution in [0.5, 0.6) is 11.5 Å². The minimum atomic E-state index is -5.88. The Hall–Kier alpha value is -3.38. The summed E-state index contributed by atoms with van der Waals surface area (Å²) in [5, 5.41) is 3.59. The van der Waals surface area contributed by atoms with Gasteiger partial charge in [-0.05, 0) is 75.2 Å². The van der Waals surface area contributed by atoms with Gasteiger partial charge in [-0.3, -0.25) is 14.7 Å². The molecule has 2 heterocycles. The van der Waals surface area contributed by atoms with E-state index in [0.29, 0.717) is 47.8 Å². The molecule has 202 valence electrons. The Balaban J connectivity index is 1.43. The lowest BCUT2D eigenvalue weighted by Crippen LogP contribution is -2.48. The molecule has 38 heavy (non-hydrogen) atoms. The molecule has 1 amide bonds. The molecule has 1 aromatic heterocycles. The zero-order valence-electron chi connectivity index (χ0n) is 20.7. The van der Waals surface area contributed by atoms with Crippen LogP contribution in [0, 0.1) is 6.92 Å². The number of alkyl halides is 3. The third-order valence-electron chi connectivity index (χ3n) is 7.14. The number of carbonyl (C=O) groups is 1. The number of likely N-dealkylation sites (N-methyl/N-ethyl adjacent to an activating group) is 1. The Kier molecular flexibility index (Phi) is 6.50. The van der Waals surface area contributed by atoms with E-state index < -0.39 is 26.9 Å². The van der Waals surface area contributed by atoms with E-state index in [0.717, 1.165) is 24.6 Å². The first-order chi connectivity index (χ1) is 17.9. The van der Waals surface area contributed by atoms with Crippen molar-refractivity contribution in [3.63, 3.8) is 0 Å². The smallest absolute Gasteiger partial charge is 0.492 e. The van der Waals surface area contributed by atoms with Crippen LogP contribution in [0.15, 0.2) is 48.7 Å². The van der Waals surface area contributed by atoms with Crippen LogP contribution in [0.4, 0.5) is 13.2 Å². The highest BCUT2D eigenvalue weighted by Gasteiger charge is 2.50. The number of halogens is 3. The van der Waals surface area contributed by atoms with E-state index >= 15 is 0 Å². The third-order valence-corrected chi connectivity index (χ3v) is 8.12. The van der Waals surface area contributed by atoms with Crippen LogP contribution in [0.25, 0.3) is 10.9 Å². The highest BCUT2D eigenvalue weighted by atomic mass is 32.2. The second-order valence-electron chi connectivity index (χ2n) is 9.77.